The average molecular weight is 445 g/mol. The first-order valence-electron chi connectivity index (χ1n) is 10.5. The van der Waals surface area contributed by atoms with Crippen molar-refractivity contribution in [2.75, 3.05) is 18.4 Å². The molecule has 9 nitrogen and oxygen atoms in total. The molecule has 2 amide bonds. The number of aryl methyl sites for hydroxylation is 1. The second-order valence-electron chi connectivity index (χ2n) is 8.86. The Kier molecular flexibility index (Phi) is 6.90. The fourth-order valence-electron chi connectivity index (χ4n) is 3.42. The van der Waals surface area contributed by atoms with Crippen LogP contribution in [0.25, 0.3) is 0 Å². The Morgan fingerprint density at radius 1 is 1.34 bits per heavy atom. The maximum atomic E-state index is 14.9. The van der Waals surface area contributed by atoms with Crippen LogP contribution < -0.4 is 11.1 Å². The summed E-state index contributed by atoms with van der Waals surface area (Å²) < 4.78 is 20.3. The quantitative estimate of drug-likeness (QED) is 0.727. The van der Waals surface area contributed by atoms with Crippen LogP contribution in [0.4, 0.5) is 14.9 Å². The summed E-state index contributed by atoms with van der Waals surface area (Å²) >= 11 is 0. The van der Waals surface area contributed by atoms with Crippen molar-refractivity contribution in [1.29, 1.82) is 0 Å². The zero-order valence-corrected chi connectivity index (χ0v) is 18.8. The van der Waals surface area contributed by atoms with E-state index in [-0.39, 0.29) is 12.1 Å². The van der Waals surface area contributed by atoms with Crippen LogP contribution >= 0.6 is 0 Å². The minimum atomic E-state index is -1.35. The Balaban J connectivity index is 1.73. The highest BCUT2D eigenvalue weighted by Gasteiger charge is 2.34. The minimum Gasteiger partial charge on any atom is -0.444 e. The maximum Gasteiger partial charge on any atom is 0.410 e. The van der Waals surface area contributed by atoms with Gasteiger partial charge in [-0.2, -0.15) is 0 Å². The number of carbonyl (C=O) groups excluding carboxylic acids is 2. The Morgan fingerprint density at radius 3 is 2.72 bits per heavy atom. The summed E-state index contributed by atoms with van der Waals surface area (Å²) in [6.07, 6.45) is 1.84. The Hall–Kier alpha value is -3.30. The van der Waals surface area contributed by atoms with E-state index in [0.717, 1.165) is 5.69 Å². The maximum absolute atomic E-state index is 14.9. The van der Waals surface area contributed by atoms with Crippen LogP contribution in [0.1, 0.15) is 54.8 Å². The molecule has 1 saturated heterocycles. The van der Waals surface area contributed by atoms with Gasteiger partial charge in [-0.25, -0.2) is 19.2 Å². The van der Waals surface area contributed by atoms with Gasteiger partial charge in [-0.3, -0.25) is 9.78 Å². The first kappa shape index (κ1) is 23.4. The number of aromatic nitrogens is 3. The molecule has 2 aromatic rings. The standard InChI is InChI=1S/C22H29FN6O3/c1-13-5-7-25-19(27-13)10-14-9-18(15(11-26-14)20(24)30)28-17-6-8-29(12-16(17)23)21(31)32-22(2,3)4/h5,7,9,11,16-17H,6,8,10,12H2,1-4H3,(H2,24,30)(H,26,28)/t16-,17+/m0/s1. The van der Waals surface area contributed by atoms with Crippen LogP contribution in [0, 0.1) is 6.92 Å². The van der Waals surface area contributed by atoms with Gasteiger partial charge in [0, 0.05) is 24.6 Å². The molecule has 0 aliphatic carbocycles. The average Bonchev–Trinajstić information content (AvgIpc) is 2.68. The number of likely N-dealkylation sites (tertiary alicyclic amines) is 1. The highest BCUT2D eigenvalue weighted by atomic mass is 19.1. The molecule has 32 heavy (non-hydrogen) atoms. The van der Waals surface area contributed by atoms with Crippen molar-refractivity contribution in [3.8, 4) is 0 Å². The number of halogens is 1. The fourth-order valence-corrected chi connectivity index (χ4v) is 3.42. The van der Waals surface area contributed by atoms with Crippen molar-refractivity contribution in [3.05, 3.63) is 47.3 Å². The summed E-state index contributed by atoms with van der Waals surface area (Å²) in [6, 6.07) is 2.86. The largest absolute Gasteiger partial charge is 0.444 e. The van der Waals surface area contributed by atoms with Crippen LogP contribution in [-0.4, -0.2) is 62.8 Å². The third-order valence-electron chi connectivity index (χ3n) is 4.94. The molecule has 3 rings (SSSR count). The topological polar surface area (TPSA) is 123 Å². The van der Waals surface area contributed by atoms with E-state index in [1.165, 1.54) is 11.1 Å². The van der Waals surface area contributed by atoms with E-state index in [4.69, 9.17) is 10.5 Å². The number of carbonyl (C=O) groups is 2. The van der Waals surface area contributed by atoms with Gasteiger partial charge in [0.1, 0.15) is 17.6 Å². The highest BCUT2D eigenvalue weighted by Crippen LogP contribution is 2.24. The van der Waals surface area contributed by atoms with E-state index in [9.17, 15) is 14.0 Å². The SMILES string of the molecule is Cc1ccnc(Cc2cc(N[C@@H]3CCN(C(=O)OC(C)(C)C)C[C@@H]3F)c(C(N)=O)cn2)n1. The lowest BCUT2D eigenvalue weighted by atomic mass is 10.0. The van der Waals surface area contributed by atoms with E-state index in [1.54, 1.807) is 39.1 Å². The second kappa shape index (κ2) is 9.46. The molecule has 2 aromatic heterocycles. The summed E-state index contributed by atoms with van der Waals surface area (Å²) in [6.45, 7) is 7.38. The number of pyridine rings is 1. The molecule has 1 fully saturated rings. The predicted molar refractivity (Wildman–Crippen MR) is 117 cm³/mol. The zero-order valence-electron chi connectivity index (χ0n) is 18.8. The molecule has 0 bridgehead atoms. The van der Waals surface area contributed by atoms with Crippen molar-refractivity contribution in [3.63, 3.8) is 0 Å². The fraction of sp³-hybridized carbons (Fsp3) is 0.500. The van der Waals surface area contributed by atoms with Crippen molar-refractivity contribution in [1.82, 2.24) is 19.9 Å². The Morgan fingerprint density at radius 2 is 2.09 bits per heavy atom. The lowest BCUT2D eigenvalue weighted by Crippen LogP contribution is -2.51. The number of ether oxygens (including phenoxy) is 1. The third-order valence-corrected chi connectivity index (χ3v) is 4.94. The van der Waals surface area contributed by atoms with Gasteiger partial charge >= 0.3 is 6.09 Å². The van der Waals surface area contributed by atoms with Crippen molar-refractivity contribution < 1.29 is 18.7 Å². The number of nitrogens with zero attached hydrogens (tertiary/aromatic N) is 4. The highest BCUT2D eigenvalue weighted by molar-refractivity contribution is 5.98. The summed E-state index contributed by atoms with van der Waals surface area (Å²) in [5.74, 6) is -0.0794. The number of alkyl halides is 1. The summed E-state index contributed by atoms with van der Waals surface area (Å²) in [7, 11) is 0. The molecule has 1 aliphatic heterocycles. The van der Waals surface area contributed by atoms with E-state index in [1.807, 2.05) is 6.92 Å². The smallest absolute Gasteiger partial charge is 0.410 e. The number of amides is 2. The summed E-state index contributed by atoms with van der Waals surface area (Å²) in [4.78, 5) is 38.4. The molecule has 1 aliphatic rings. The number of anilines is 1. The molecule has 0 spiro atoms. The van der Waals surface area contributed by atoms with Gasteiger partial charge in [0.25, 0.3) is 5.91 Å². The van der Waals surface area contributed by atoms with Crippen molar-refractivity contribution in [2.45, 2.75) is 58.4 Å². The normalized spacial score (nSPS) is 18.8. The van der Waals surface area contributed by atoms with E-state index < -0.39 is 29.8 Å². The number of piperidine rings is 1. The molecule has 2 atom stereocenters. The van der Waals surface area contributed by atoms with Gasteiger partial charge in [0.05, 0.1) is 36.0 Å². The number of nitrogens with one attached hydrogen (secondary N) is 1. The van der Waals surface area contributed by atoms with Gasteiger partial charge < -0.3 is 20.7 Å². The van der Waals surface area contributed by atoms with Gasteiger partial charge in [0.2, 0.25) is 0 Å². The molecule has 3 N–H and O–H groups in total. The molecule has 0 saturated carbocycles. The van der Waals surface area contributed by atoms with E-state index >= 15 is 0 Å². The molecular weight excluding hydrogens is 415 g/mol. The molecule has 172 valence electrons. The number of nitrogens with two attached hydrogens (primary N) is 1. The second-order valence-corrected chi connectivity index (χ2v) is 8.86. The van der Waals surface area contributed by atoms with Crippen LogP contribution in [-0.2, 0) is 11.2 Å². The van der Waals surface area contributed by atoms with Crippen molar-refractivity contribution in [2.24, 2.45) is 5.73 Å². The number of hydrogen-bond donors (Lipinski definition) is 2. The van der Waals surface area contributed by atoms with Gasteiger partial charge in [0.15, 0.2) is 0 Å². The van der Waals surface area contributed by atoms with Crippen LogP contribution in [0.2, 0.25) is 0 Å². The minimum absolute atomic E-state index is 0.104. The van der Waals surface area contributed by atoms with E-state index in [0.29, 0.717) is 36.6 Å². The predicted octanol–water partition coefficient (Wildman–Crippen LogP) is 2.63. The lowest BCUT2D eigenvalue weighted by molar-refractivity contribution is 0.0125. The molecule has 3 heterocycles. The Bertz CT molecular complexity index is 994. The monoisotopic (exact) mass is 444 g/mol. The van der Waals surface area contributed by atoms with Crippen LogP contribution in [0.3, 0.4) is 0 Å². The molecule has 10 heteroatoms. The van der Waals surface area contributed by atoms with Gasteiger partial charge in [-0.15, -0.1) is 0 Å². The first-order valence-corrected chi connectivity index (χ1v) is 10.5. The van der Waals surface area contributed by atoms with Crippen LogP contribution in [0.5, 0.6) is 0 Å². The van der Waals surface area contributed by atoms with Gasteiger partial charge in [-0.05, 0) is 46.2 Å². The van der Waals surface area contributed by atoms with E-state index in [2.05, 4.69) is 20.3 Å². The summed E-state index contributed by atoms with van der Waals surface area (Å²) in [5, 5.41) is 3.09. The summed E-state index contributed by atoms with van der Waals surface area (Å²) in [5.41, 5.74) is 6.85. The molecule has 0 radical (unpaired) electrons. The third kappa shape index (κ3) is 6.12. The zero-order chi connectivity index (χ0) is 23.5. The molecule has 0 aromatic carbocycles. The number of rotatable bonds is 5. The van der Waals surface area contributed by atoms with Crippen LogP contribution in [0.15, 0.2) is 24.5 Å². The van der Waals surface area contributed by atoms with Crippen molar-refractivity contribution >= 4 is 17.7 Å². The van der Waals surface area contributed by atoms with Gasteiger partial charge in [-0.1, -0.05) is 0 Å². The first-order chi connectivity index (χ1) is 15.0. The lowest BCUT2D eigenvalue weighted by Gasteiger charge is -2.36. The Labute approximate surface area is 186 Å². The number of primary amides is 1. The molecular formula is C22H29FN6O3. The number of hydrogen-bond acceptors (Lipinski definition) is 7. The molecule has 0 unspecified atom stereocenters.